The summed E-state index contributed by atoms with van der Waals surface area (Å²) in [7, 11) is 2.84. The van der Waals surface area contributed by atoms with Crippen LogP contribution < -0.4 is 0 Å². The Bertz CT molecular complexity index is 506. The first kappa shape index (κ1) is 15.8. The average molecular weight is 335 g/mol. The Labute approximate surface area is 134 Å². The summed E-state index contributed by atoms with van der Waals surface area (Å²) < 4.78 is 11.2. The standard InChI is InChI=1S/C15H20Cl2O4/c1-4-8-12(19)11(18)13(16)9-6-5-7-10(9)14(12,17)15(13,20-2)21-3/h4,9-10,19H,1,5-8H2,2-3H3/t9-,10+,12-,13-,14+/m1/s1. The third-order valence-electron chi connectivity index (χ3n) is 5.82. The lowest BCUT2D eigenvalue weighted by molar-refractivity contribution is -0.236. The van der Waals surface area contributed by atoms with Crippen molar-refractivity contribution in [1.82, 2.24) is 0 Å². The topological polar surface area (TPSA) is 55.8 Å². The maximum Gasteiger partial charge on any atom is 0.218 e. The number of alkyl halides is 2. The van der Waals surface area contributed by atoms with Gasteiger partial charge in [0.25, 0.3) is 0 Å². The van der Waals surface area contributed by atoms with Gasteiger partial charge in [-0.25, -0.2) is 0 Å². The minimum Gasteiger partial charge on any atom is -0.380 e. The van der Waals surface area contributed by atoms with Gasteiger partial charge in [-0.05, 0) is 24.7 Å². The third kappa shape index (κ3) is 1.26. The van der Waals surface area contributed by atoms with Crippen LogP contribution in [0.25, 0.3) is 0 Å². The maximum absolute atomic E-state index is 13.0. The van der Waals surface area contributed by atoms with Gasteiger partial charge in [0, 0.05) is 20.6 Å². The number of hydrogen-bond donors (Lipinski definition) is 1. The lowest BCUT2D eigenvalue weighted by Gasteiger charge is -2.45. The third-order valence-corrected chi connectivity index (χ3v) is 7.36. The van der Waals surface area contributed by atoms with Crippen LogP contribution in [0.1, 0.15) is 25.7 Å². The number of ether oxygens (including phenoxy) is 2. The molecule has 0 aliphatic heterocycles. The number of rotatable bonds is 4. The number of Topliss-reactive ketones (excluding diaryl/α,β-unsaturated/α-hetero) is 1. The molecule has 0 unspecified atom stereocenters. The van der Waals surface area contributed by atoms with E-state index in [9.17, 15) is 9.90 Å². The van der Waals surface area contributed by atoms with E-state index in [-0.39, 0.29) is 18.3 Å². The predicted octanol–water partition coefficient (Wildman–Crippen LogP) is 2.25. The molecule has 0 heterocycles. The van der Waals surface area contributed by atoms with Gasteiger partial charge in [0.1, 0.15) is 4.87 Å². The highest BCUT2D eigenvalue weighted by atomic mass is 35.5. The Balaban J connectivity index is 2.31. The molecule has 0 aromatic rings. The highest BCUT2D eigenvalue weighted by molar-refractivity contribution is 6.44. The fourth-order valence-corrected chi connectivity index (χ4v) is 6.65. The molecule has 118 valence electrons. The molecule has 0 aromatic carbocycles. The second-order valence-corrected chi connectivity index (χ2v) is 7.47. The molecule has 6 heteroatoms. The lowest BCUT2D eigenvalue weighted by Crippen LogP contribution is -2.63. The molecule has 0 saturated heterocycles. The molecule has 3 rings (SSSR count). The maximum atomic E-state index is 13.0. The number of carbonyl (C=O) groups excluding carboxylic acids is 1. The molecule has 0 spiro atoms. The van der Waals surface area contributed by atoms with Crippen molar-refractivity contribution in [3.63, 3.8) is 0 Å². The van der Waals surface area contributed by atoms with Crippen LogP contribution in [-0.2, 0) is 14.3 Å². The van der Waals surface area contributed by atoms with Gasteiger partial charge in [0.15, 0.2) is 16.3 Å². The Morgan fingerprint density at radius 2 is 1.90 bits per heavy atom. The van der Waals surface area contributed by atoms with Crippen molar-refractivity contribution < 1.29 is 19.4 Å². The van der Waals surface area contributed by atoms with Crippen LogP contribution in [0.5, 0.6) is 0 Å². The van der Waals surface area contributed by atoms with E-state index in [1.54, 1.807) is 0 Å². The summed E-state index contributed by atoms with van der Waals surface area (Å²) in [4.78, 5) is 10.1. The summed E-state index contributed by atoms with van der Waals surface area (Å²) in [6.07, 6.45) is 4.03. The fraction of sp³-hybridized carbons (Fsp3) is 0.800. The van der Waals surface area contributed by atoms with Crippen molar-refractivity contribution in [2.24, 2.45) is 11.8 Å². The average Bonchev–Trinajstić information content (AvgIpc) is 3.04. The number of aliphatic hydroxyl groups is 1. The summed E-state index contributed by atoms with van der Waals surface area (Å²) in [5.41, 5.74) is -1.82. The molecule has 0 radical (unpaired) electrons. The first-order valence-electron chi connectivity index (χ1n) is 7.18. The summed E-state index contributed by atoms with van der Waals surface area (Å²) in [6, 6.07) is 0. The Morgan fingerprint density at radius 1 is 1.33 bits per heavy atom. The lowest BCUT2D eigenvalue weighted by atomic mass is 9.70. The Kier molecular flexibility index (Phi) is 3.34. The zero-order chi connectivity index (χ0) is 15.7. The molecule has 3 aliphatic rings. The smallest absolute Gasteiger partial charge is 0.218 e. The molecule has 3 aliphatic carbocycles. The first-order chi connectivity index (χ1) is 9.81. The molecule has 21 heavy (non-hydrogen) atoms. The molecular weight excluding hydrogens is 315 g/mol. The number of methoxy groups -OCH3 is 2. The van der Waals surface area contributed by atoms with E-state index in [0.717, 1.165) is 19.3 Å². The molecular formula is C15H20Cl2O4. The number of hydrogen-bond acceptors (Lipinski definition) is 4. The van der Waals surface area contributed by atoms with E-state index in [2.05, 4.69) is 6.58 Å². The van der Waals surface area contributed by atoms with Crippen molar-refractivity contribution in [1.29, 1.82) is 0 Å². The van der Waals surface area contributed by atoms with Gasteiger partial charge in [-0.1, -0.05) is 12.5 Å². The van der Waals surface area contributed by atoms with Gasteiger partial charge in [-0.2, -0.15) is 0 Å². The summed E-state index contributed by atoms with van der Waals surface area (Å²) in [6.45, 7) is 3.63. The second-order valence-electron chi connectivity index (χ2n) is 6.27. The van der Waals surface area contributed by atoms with E-state index >= 15 is 0 Å². The molecule has 2 bridgehead atoms. The molecule has 3 fully saturated rings. The Morgan fingerprint density at radius 3 is 2.43 bits per heavy atom. The second kappa shape index (κ2) is 4.45. The number of fused-ring (bicyclic) bond motifs is 5. The van der Waals surface area contributed by atoms with Crippen molar-refractivity contribution in [3.05, 3.63) is 12.7 Å². The number of ketones is 1. The van der Waals surface area contributed by atoms with Gasteiger partial charge in [-0.3, -0.25) is 4.79 Å². The highest BCUT2D eigenvalue weighted by Crippen LogP contribution is 2.75. The summed E-state index contributed by atoms with van der Waals surface area (Å²) >= 11 is 13.7. The van der Waals surface area contributed by atoms with Crippen LogP contribution in [0.4, 0.5) is 0 Å². The van der Waals surface area contributed by atoms with E-state index in [1.165, 1.54) is 20.3 Å². The number of halogens is 2. The minimum absolute atomic E-state index is 0.0293. The van der Waals surface area contributed by atoms with Crippen LogP contribution in [0, 0.1) is 11.8 Å². The summed E-state index contributed by atoms with van der Waals surface area (Å²) in [5.74, 6) is -2.31. The largest absolute Gasteiger partial charge is 0.380 e. The van der Waals surface area contributed by atoms with Gasteiger partial charge < -0.3 is 14.6 Å². The Hall–Kier alpha value is -0.130. The minimum atomic E-state index is -1.82. The predicted molar refractivity (Wildman–Crippen MR) is 79.5 cm³/mol. The van der Waals surface area contributed by atoms with Gasteiger partial charge in [0.05, 0.1) is 0 Å². The van der Waals surface area contributed by atoms with Gasteiger partial charge in [-0.15, -0.1) is 29.8 Å². The van der Waals surface area contributed by atoms with E-state index in [1.807, 2.05) is 0 Å². The van der Waals surface area contributed by atoms with Gasteiger partial charge >= 0.3 is 0 Å². The zero-order valence-electron chi connectivity index (χ0n) is 12.2. The van der Waals surface area contributed by atoms with Crippen molar-refractivity contribution in [3.8, 4) is 0 Å². The fourth-order valence-electron chi connectivity index (χ4n) is 5.16. The normalized spacial score (nSPS) is 50.4. The molecule has 0 amide bonds. The molecule has 3 saturated carbocycles. The highest BCUT2D eigenvalue weighted by Gasteiger charge is 2.93. The zero-order valence-corrected chi connectivity index (χ0v) is 13.7. The van der Waals surface area contributed by atoms with Crippen LogP contribution >= 0.6 is 23.2 Å². The SMILES string of the molecule is C=CC[C@@]1(O)C(=O)[C@]2(Cl)[C@@H]3CCC[C@@H]3[C@@]1(Cl)C2(OC)OC. The number of carbonyl (C=O) groups is 1. The van der Waals surface area contributed by atoms with E-state index < -0.39 is 26.9 Å². The van der Waals surface area contributed by atoms with Crippen LogP contribution in [0.2, 0.25) is 0 Å². The van der Waals surface area contributed by atoms with Gasteiger partial charge in [0.2, 0.25) is 5.79 Å². The molecule has 0 aromatic heterocycles. The van der Waals surface area contributed by atoms with E-state index in [0.29, 0.717) is 0 Å². The van der Waals surface area contributed by atoms with Crippen molar-refractivity contribution in [2.45, 2.75) is 46.8 Å². The monoisotopic (exact) mass is 334 g/mol. The molecule has 5 atom stereocenters. The van der Waals surface area contributed by atoms with Crippen LogP contribution in [-0.4, -0.2) is 46.2 Å². The molecule has 1 N–H and O–H groups in total. The summed E-state index contributed by atoms with van der Waals surface area (Å²) in [5, 5.41) is 11.1. The quantitative estimate of drug-likeness (QED) is 0.486. The van der Waals surface area contributed by atoms with E-state index in [4.69, 9.17) is 32.7 Å². The van der Waals surface area contributed by atoms with Crippen LogP contribution in [0.3, 0.4) is 0 Å². The van der Waals surface area contributed by atoms with Crippen LogP contribution in [0.15, 0.2) is 12.7 Å². The van der Waals surface area contributed by atoms with Crippen molar-refractivity contribution in [2.75, 3.05) is 14.2 Å². The molecule has 4 nitrogen and oxygen atoms in total. The first-order valence-corrected chi connectivity index (χ1v) is 7.93. The van der Waals surface area contributed by atoms with Crippen molar-refractivity contribution >= 4 is 29.0 Å².